The minimum absolute atomic E-state index is 0.00306. The van der Waals surface area contributed by atoms with Gasteiger partial charge in [0, 0.05) is 5.69 Å². The molecule has 9 heteroatoms. The van der Waals surface area contributed by atoms with Gasteiger partial charge in [-0.25, -0.2) is 8.42 Å². The number of phenolic OH excluding ortho intramolecular Hbond substituents is 1. The Morgan fingerprint density at radius 3 is 2.08 bits per heavy atom. The number of hydrogen-bond donors (Lipinski definition) is 4. The van der Waals surface area contributed by atoms with Gasteiger partial charge in [-0.05, 0) is 43.3 Å². The van der Waals surface area contributed by atoms with Gasteiger partial charge in [-0.1, -0.05) is 17.7 Å². The largest absolute Gasteiger partial charge is 0.508 e. The molecule has 0 radical (unpaired) electrons. The number of benzene rings is 2. The normalized spacial score (nSPS) is 10.9. The van der Waals surface area contributed by atoms with Gasteiger partial charge in [0.05, 0.1) is 4.90 Å². The summed E-state index contributed by atoms with van der Waals surface area (Å²) in [5.74, 6) is -2.24. The first-order valence-corrected chi connectivity index (χ1v) is 8.25. The van der Waals surface area contributed by atoms with E-state index in [-0.39, 0.29) is 16.3 Å². The van der Waals surface area contributed by atoms with Crippen molar-refractivity contribution in [3.05, 3.63) is 54.1 Å². The Bertz CT molecular complexity index is 846. The Morgan fingerprint density at radius 1 is 0.917 bits per heavy atom. The summed E-state index contributed by atoms with van der Waals surface area (Å²) >= 11 is 0. The first-order chi connectivity index (χ1) is 11.3. The fourth-order valence-corrected chi connectivity index (χ4v) is 2.52. The van der Waals surface area contributed by atoms with Gasteiger partial charge in [0.25, 0.3) is 10.0 Å². The van der Waals surface area contributed by atoms with Gasteiger partial charge in [-0.3, -0.25) is 15.0 Å². The second-order valence-corrected chi connectivity index (χ2v) is 6.56. The van der Waals surface area contributed by atoms with Crippen LogP contribution in [0.1, 0.15) is 5.56 Å². The Morgan fingerprint density at radius 2 is 1.50 bits per heavy atom. The molecule has 0 spiro atoms. The molecule has 2 rings (SSSR count). The zero-order chi connectivity index (χ0) is 17.7. The molecule has 2 aromatic carbocycles. The first kappa shape index (κ1) is 17.4. The van der Waals surface area contributed by atoms with Gasteiger partial charge in [0.1, 0.15) is 5.75 Å². The van der Waals surface area contributed by atoms with E-state index in [2.05, 4.69) is 5.32 Å². The standard InChI is InChI=1S/C15H15N3O5S/c1-10-2-8-13(9-3-10)24(22,23)18-17-15(21)14(20)16-11-4-6-12(19)7-5-11/h2-9,18-19H,1H3,(H,16,20)(H,17,21). The zero-order valence-corrected chi connectivity index (χ0v) is 13.4. The number of aryl methyl sites for hydroxylation is 1. The molecule has 0 heterocycles. The SMILES string of the molecule is Cc1ccc(S(=O)(=O)NNC(=O)C(=O)Nc2ccc(O)cc2)cc1. The van der Waals surface area contributed by atoms with E-state index in [1.165, 1.54) is 36.4 Å². The van der Waals surface area contributed by atoms with Crippen LogP contribution < -0.4 is 15.6 Å². The first-order valence-electron chi connectivity index (χ1n) is 6.77. The van der Waals surface area contributed by atoms with Gasteiger partial charge in [-0.2, -0.15) is 0 Å². The van der Waals surface area contributed by atoms with Crippen LogP contribution in [0.25, 0.3) is 0 Å². The summed E-state index contributed by atoms with van der Waals surface area (Å²) < 4.78 is 24.0. The molecular weight excluding hydrogens is 334 g/mol. The number of nitrogens with one attached hydrogen (secondary N) is 3. The summed E-state index contributed by atoms with van der Waals surface area (Å²) in [4.78, 5) is 25.1. The van der Waals surface area contributed by atoms with Gasteiger partial charge in [0.2, 0.25) is 0 Å². The predicted molar refractivity (Wildman–Crippen MR) is 86.4 cm³/mol. The van der Waals surface area contributed by atoms with Crippen LogP contribution in [0.5, 0.6) is 5.75 Å². The van der Waals surface area contributed by atoms with Crippen molar-refractivity contribution in [3.63, 3.8) is 0 Å². The van der Waals surface area contributed by atoms with Crippen LogP contribution in [0, 0.1) is 6.92 Å². The Balaban J connectivity index is 1.95. The minimum atomic E-state index is -3.98. The lowest BCUT2D eigenvalue weighted by atomic mass is 10.2. The molecule has 8 nitrogen and oxygen atoms in total. The number of phenols is 1. The molecule has 0 atom stereocenters. The van der Waals surface area contributed by atoms with E-state index in [0.717, 1.165) is 5.56 Å². The summed E-state index contributed by atoms with van der Waals surface area (Å²) in [7, 11) is -3.98. The van der Waals surface area contributed by atoms with Crippen molar-refractivity contribution < 1.29 is 23.1 Å². The highest BCUT2D eigenvalue weighted by molar-refractivity contribution is 7.89. The van der Waals surface area contributed by atoms with Crippen molar-refractivity contribution in [2.45, 2.75) is 11.8 Å². The summed E-state index contributed by atoms with van der Waals surface area (Å²) in [6.07, 6.45) is 0. The van der Waals surface area contributed by atoms with Crippen molar-refractivity contribution >= 4 is 27.5 Å². The molecule has 2 amide bonds. The summed E-state index contributed by atoms with van der Waals surface area (Å²) in [5.41, 5.74) is 2.98. The Kier molecular flexibility index (Phi) is 5.17. The van der Waals surface area contributed by atoms with Crippen molar-refractivity contribution in [1.82, 2.24) is 10.3 Å². The lowest BCUT2D eigenvalue weighted by Gasteiger charge is -2.09. The van der Waals surface area contributed by atoms with Crippen LogP contribution >= 0.6 is 0 Å². The van der Waals surface area contributed by atoms with Crippen molar-refractivity contribution in [3.8, 4) is 5.75 Å². The number of hydrazine groups is 1. The number of sulfonamides is 1. The fraction of sp³-hybridized carbons (Fsp3) is 0.0667. The molecule has 0 aromatic heterocycles. The van der Waals surface area contributed by atoms with E-state index in [0.29, 0.717) is 0 Å². The maximum atomic E-state index is 12.0. The number of rotatable bonds is 4. The topological polar surface area (TPSA) is 125 Å². The maximum Gasteiger partial charge on any atom is 0.324 e. The molecule has 0 unspecified atom stereocenters. The number of amides is 2. The smallest absolute Gasteiger partial charge is 0.324 e. The third kappa shape index (κ3) is 4.54. The molecule has 0 saturated heterocycles. The lowest BCUT2D eigenvalue weighted by Crippen LogP contribution is -2.46. The molecule has 0 bridgehead atoms. The molecule has 4 N–H and O–H groups in total. The molecular formula is C15H15N3O5S. The molecule has 0 aliphatic heterocycles. The molecule has 2 aromatic rings. The van der Waals surface area contributed by atoms with Crippen LogP contribution in [0.3, 0.4) is 0 Å². The van der Waals surface area contributed by atoms with Gasteiger partial charge in [0.15, 0.2) is 0 Å². The lowest BCUT2D eigenvalue weighted by molar-refractivity contribution is -0.136. The van der Waals surface area contributed by atoms with E-state index in [4.69, 9.17) is 5.11 Å². The predicted octanol–water partition coefficient (Wildman–Crippen LogP) is 0.649. The van der Waals surface area contributed by atoms with Crippen molar-refractivity contribution in [1.29, 1.82) is 0 Å². The van der Waals surface area contributed by atoms with Crippen LogP contribution in [0.4, 0.5) is 5.69 Å². The number of aromatic hydroxyl groups is 1. The average Bonchev–Trinajstić information content (AvgIpc) is 2.55. The monoisotopic (exact) mass is 349 g/mol. The zero-order valence-electron chi connectivity index (χ0n) is 12.6. The third-order valence-corrected chi connectivity index (χ3v) is 4.23. The molecule has 0 fully saturated rings. The summed E-state index contributed by atoms with van der Waals surface area (Å²) in [6, 6.07) is 11.4. The van der Waals surface area contributed by atoms with E-state index in [1.54, 1.807) is 19.1 Å². The minimum Gasteiger partial charge on any atom is -0.508 e. The van der Waals surface area contributed by atoms with E-state index < -0.39 is 21.8 Å². The maximum absolute atomic E-state index is 12.0. The fourth-order valence-electron chi connectivity index (χ4n) is 1.68. The number of anilines is 1. The average molecular weight is 349 g/mol. The van der Waals surface area contributed by atoms with E-state index in [1.807, 2.05) is 10.3 Å². The molecule has 126 valence electrons. The highest BCUT2D eigenvalue weighted by Crippen LogP contribution is 2.13. The highest BCUT2D eigenvalue weighted by Gasteiger charge is 2.18. The van der Waals surface area contributed by atoms with Crippen LogP contribution in [-0.2, 0) is 19.6 Å². The van der Waals surface area contributed by atoms with Gasteiger partial charge >= 0.3 is 11.8 Å². The number of hydrogen-bond acceptors (Lipinski definition) is 5. The Labute approximate surface area is 138 Å². The summed E-state index contributed by atoms with van der Waals surface area (Å²) in [6.45, 7) is 1.80. The van der Waals surface area contributed by atoms with Gasteiger partial charge in [-0.15, -0.1) is 4.83 Å². The molecule has 0 aliphatic carbocycles. The summed E-state index contributed by atoms with van der Waals surface area (Å²) in [5, 5.41) is 11.4. The Hall–Kier alpha value is -2.91. The second-order valence-electron chi connectivity index (χ2n) is 4.87. The van der Waals surface area contributed by atoms with Crippen LogP contribution in [-0.4, -0.2) is 25.3 Å². The van der Waals surface area contributed by atoms with E-state index >= 15 is 0 Å². The molecule has 0 saturated carbocycles. The number of carbonyl (C=O) groups is 2. The quantitative estimate of drug-likeness (QED) is 0.366. The van der Waals surface area contributed by atoms with E-state index in [9.17, 15) is 18.0 Å². The van der Waals surface area contributed by atoms with Crippen LogP contribution in [0.2, 0.25) is 0 Å². The van der Waals surface area contributed by atoms with Crippen LogP contribution in [0.15, 0.2) is 53.4 Å². The molecule has 24 heavy (non-hydrogen) atoms. The van der Waals surface area contributed by atoms with Crippen molar-refractivity contribution in [2.24, 2.45) is 0 Å². The molecule has 0 aliphatic rings. The van der Waals surface area contributed by atoms with Crippen molar-refractivity contribution in [2.75, 3.05) is 5.32 Å². The highest BCUT2D eigenvalue weighted by atomic mass is 32.2. The van der Waals surface area contributed by atoms with Gasteiger partial charge < -0.3 is 10.4 Å². The number of carbonyl (C=O) groups excluding carboxylic acids is 2. The third-order valence-electron chi connectivity index (χ3n) is 2.96. The second kappa shape index (κ2) is 7.11.